The van der Waals surface area contributed by atoms with E-state index in [1.807, 2.05) is 6.92 Å². The fraction of sp³-hybridized carbons (Fsp3) is 0.167. The zero-order chi connectivity index (χ0) is 6.85. The van der Waals surface area contributed by atoms with Crippen molar-refractivity contribution < 1.29 is 0 Å². The Bertz CT molecular complexity index is 241. The second kappa shape index (κ2) is 2.54. The first kappa shape index (κ1) is 6.83. The molecular formula is C6H6OS2. The van der Waals surface area contributed by atoms with E-state index >= 15 is 0 Å². The molecule has 0 spiro atoms. The van der Waals surface area contributed by atoms with E-state index in [1.54, 1.807) is 6.07 Å². The quantitative estimate of drug-likeness (QED) is 0.569. The lowest BCUT2D eigenvalue weighted by molar-refractivity contribution is 1.48. The van der Waals surface area contributed by atoms with Crippen LogP contribution in [-0.4, -0.2) is 0 Å². The molecule has 0 bridgehead atoms. The summed E-state index contributed by atoms with van der Waals surface area (Å²) in [5.41, 5.74) is 0.0382. The van der Waals surface area contributed by atoms with Crippen LogP contribution >= 0.6 is 24.0 Å². The molecule has 0 radical (unpaired) electrons. The van der Waals surface area contributed by atoms with E-state index in [0.29, 0.717) is 0 Å². The predicted molar refractivity (Wildman–Crippen MR) is 42.6 cm³/mol. The van der Waals surface area contributed by atoms with Crippen LogP contribution in [0, 0.1) is 6.92 Å². The Hall–Kier alpha value is -0.280. The molecule has 1 rings (SSSR count). The first-order valence-corrected chi connectivity index (χ1v) is 3.75. The molecule has 0 saturated heterocycles. The highest BCUT2D eigenvalue weighted by Crippen LogP contribution is 2.12. The second-order valence-electron chi connectivity index (χ2n) is 1.74. The van der Waals surface area contributed by atoms with E-state index in [9.17, 15) is 4.79 Å². The fourth-order valence-corrected chi connectivity index (χ4v) is 1.83. The van der Waals surface area contributed by atoms with E-state index in [0.717, 1.165) is 9.09 Å². The molecular weight excluding hydrogens is 152 g/mol. The first-order chi connectivity index (χ1) is 4.18. The molecule has 1 nitrogen and oxygen atoms in total. The molecule has 1 aromatic rings. The van der Waals surface area contributed by atoms with E-state index in [-0.39, 0.29) is 5.43 Å². The minimum absolute atomic E-state index is 0.0382. The summed E-state index contributed by atoms with van der Waals surface area (Å²) in [7, 11) is 0. The van der Waals surface area contributed by atoms with Crippen LogP contribution < -0.4 is 5.43 Å². The zero-order valence-electron chi connectivity index (χ0n) is 4.92. The van der Waals surface area contributed by atoms with E-state index in [2.05, 4.69) is 12.6 Å². The van der Waals surface area contributed by atoms with Gasteiger partial charge in [-0.2, -0.15) is 0 Å². The Morgan fingerprint density at radius 1 is 1.56 bits per heavy atom. The van der Waals surface area contributed by atoms with Crippen LogP contribution in [0.1, 0.15) is 4.88 Å². The molecule has 0 aromatic carbocycles. The van der Waals surface area contributed by atoms with Crippen molar-refractivity contribution in [3.8, 4) is 0 Å². The summed E-state index contributed by atoms with van der Waals surface area (Å²) < 4.78 is 0.778. The monoisotopic (exact) mass is 158 g/mol. The number of rotatable bonds is 0. The van der Waals surface area contributed by atoms with E-state index in [4.69, 9.17) is 0 Å². The number of aryl methyl sites for hydroxylation is 1. The van der Waals surface area contributed by atoms with Crippen molar-refractivity contribution >= 4 is 24.0 Å². The second-order valence-corrected chi connectivity index (χ2v) is 3.81. The molecule has 0 saturated carbocycles. The molecule has 48 valence electrons. The van der Waals surface area contributed by atoms with Gasteiger partial charge in [-0.15, -0.1) is 24.0 Å². The van der Waals surface area contributed by atoms with Crippen LogP contribution in [0.5, 0.6) is 0 Å². The van der Waals surface area contributed by atoms with Gasteiger partial charge in [-0.25, -0.2) is 0 Å². The molecule has 3 heteroatoms. The van der Waals surface area contributed by atoms with Gasteiger partial charge in [-0.05, 0) is 13.0 Å². The summed E-state index contributed by atoms with van der Waals surface area (Å²) in [6, 6.07) is 3.12. The maximum absolute atomic E-state index is 10.7. The molecule has 0 amide bonds. The van der Waals surface area contributed by atoms with Gasteiger partial charge in [0, 0.05) is 10.9 Å². The average molecular weight is 158 g/mol. The Balaban J connectivity index is 3.33. The van der Waals surface area contributed by atoms with Crippen LogP contribution in [0.15, 0.2) is 21.1 Å². The highest BCUT2D eigenvalue weighted by molar-refractivity contribution is 7.82. The van der Waals surface area contributed by atoms with Gasteiger partial charge in [0.2, 0.25) is 0 Å². The molecule has 0 atom stereocenters. The molecule has 0 aliphatic rings. The lowest BCUT2D eigenvalue weighted by Gasteiger charge is -1.88. The average Bonchev–Trinajstić information content (AvgIpc) is 1.59. The molecule has 9 heavy (non-hydrogen) atoms. The van der Waals surface area contributed by atoms with Crippen molar-refractivity contribution in [2.24, 2.45) is 0 Å². The van der Waals surface area contributed by atoms with Crippen molar-refractivity contribution in [2.75, 3.05) is 0 Å². The number of hydrogen-bond acceptors (Lipinski definition) is 3. The minimum Gasteiger partial charge on any atom is -0.290 e. The van der Waals surface area contributed by atoms with Gasteiger partial charge in [-0.3, -0.25) is 4.79 Å². The third-order valence-corrected chi connectivity index (χ3v) is 2.05. The van der Waals surface area contributed by atoms with Gasteiger partial charge in [0.05, 0.1) is 4.21 Å². The van der Waals surface area contributed by atoms with Crippen LogP contribution in [0.2, 0.25) is 0 Å². The lowest BCUT2D eigenvalue weighted by Crippen LogP contribution is -1.94. The highest BCUT2D eigenvalue weighted by atomic mass is 32.2. The van der Waals surface area contributed by atoms with Gasteiger partial charge < -0.3 is 0 Å². The highest BCUT2D eigenvalue weighted by Gasteiger charge is 1.89. The van der Waals surface area contributed by atoms with Gasteiger partial charge in [0.1, 0.15) is 0 Å². The Labute approximate surface area is 62.8 Å². The normalized spacial score (nSPS) is 9.56. The summed E-state index contributed by atoms with van der Waals surface area (Å²) in [5.74, 6) is 0. The lowest BCUT2D eigenvalue weighted by atomic mass is 10.5. The Kier molecular flexibility index (Phi) is 1.93. The zero-order valence-corrected chi connectivity index (χ0v) is 6.63. The molecule has 1 heterocycles. The van der Waals surface area contributed by atoms with E-state index < -0.39 is 0 Å². The standard InChI is InChI=1S/C6H6OS2/c1-4-2-5(7)3-6(8)9-4/h2-3,8H,1H3. The third-order valence-electron chi connectivity index (χ3n) is 0.877. The Morgan fingerprint density at radius 2 is 2.22 bits per heavy atom. The van der Waals surface area contributed by atoms with Crippen molar-refractivity contribution in [1.29, 1.82) is 0 Å². The third kappa shape index (κ3) is 1.84. The SMILES string of the molecule is Cc1cc(=O)cc(S)s1. The fourth-order valence-electron chi connectivity index (χ4n) is 0.588. The van der Waals surface area contributed by atoms with Gasteiger partial charge in [-0.1, -0.05) is 0 Å². The molecule has 0 N–H and O–H groups in total. The molecule has 0 unspecified atom stereocenters. The van der Waals surface area contributed by atoms with Crippen molar-refractivity contribution in [1.82, 2.24) is 0 Å². The minimum atomic E-state index is 0.0382. The maximum atomic E-state index is 10.7. The number of thiol groups is 1. The maximum Gasteiger partial charge on any atom is 0.181 e. The largest absolute Gasteiger partial charge is 0.290 e. The van der Waals surface area contributed by atoms with E-state index in [1.165, 1.54) is 17.4 Å². The summed E-state index contributed by atoms with van der Waals surface area (Å²) in [4.78, 5) is 11.7. The van der Waals surface area contributed by atoms with Crippen molar-refractivity contribution in [2.45, 2.75) is 11.1 Å². The van der Waals surface area contributed by atoms with Crippen LogP contribution in [0.3, 0.4) is 0 Å². The smallest absolute Gasteiger partial charge is 0.181 e. The van der Waals surface area contributed by atoms with Crippen molar-refractivity contribution in [3.05, 3.63) is 27.2 Å². The van der Waals surface area contributed by atoms with Crippen LogP contribution in [-0.2, 0) is 0 Å². The summed E-state index contributed by atoms with van der Waals surface area (Å²) >= 11 is 5.55. The van der Waals surface area contributed by atoms with Crippen molar-refractivity contribution in [3.63, 3.8) is 0 Å². The summed E-state index contributed by atoms with van der Waals surface area (Å²) in [5, 5.41) is 0. The number of hydrogen-bond donors (Lipinski definition) is 1. The summed E-state index contributed by atoms with van der Waals surface area (Å²) in [6.45, 7) is 1.89. The molecule has 0 aliphatic heterocycles. The first-order valence-electron chi connectivity index (χ1n) is 2.49. The predicted octanol–water partition coefficient (Wildman–Crippen LogP) is 1.71. The van der Waals surface area contributed by atoms with Gasteiger partial charge in [0.15, 0.2) is 5.43 Å². The molecule has 0 fully saturated rings. The topological polar surface area (TPSA) is 17.1 Å². The van der Waals surface area contributed by atoms with Gasteiger partial charge in [0.25, 0.3) is 0 Å². The summed E-state index contributed by atoms with van der Waals surface area (Å²) in [6.07, 6.45) is 0. The molecule has 0 aliphatic carbocycles. The Morgan fingerprint density at radius 3 is 2.67 bits per heavy atom. The van der Waals surface area contributed by atoms with Crippen LogP contribution in [0.4, 0.5) is 0 Å². The molecule has 1 aromatic heterocycles. The van der Waals surface area contributed by atoms with Crippen LogP contribution in [0.25, 0.3) is 0 Å². The van der Waals surface area contributed by atoms with Gasteiger partial charge >= 0.3 is 0 Å².